The standard InChI is InChI=1S/C11H18ClNO/c12-10(9-4-5-9)7-13-11(14)6-8-2-1-3-8/h8-10H,1-7H2,(H,13,14). The van der Waals surface area contributed by atoms with E-state index >= 15 is 0 Å². The van der Waals surface area contributed by atoms with Gasteiger partial charge in [0.25, 0.3) is 0 Å². The molecule has 2 fully saturated rings. The zero-order valence-electron chi connectivity index (χ0n) is 8.47. The summed E-state index contributed by atoms with van der Waals surface area (Å²) in [6, 6.07) is 0. The lowest BCUT2D eigenvalue weighted by molar-refractivity contribution is -0.122. The van der Waals surface area contributed by atoms with Crippen molar-refractivity contribution < 1.29 is 4.79 Å². The molecule has 1 atom stereocenters. The SMILES string of the molecule is O=C(CC1CCC1)NCC(Cl)C1CC1. The Kier molecular flexibility index (Phi) is 3.32. The fourth-order valence-corrected chi connectivity index (χ4v) is 2.20. The Bertz CT molecular complexity index is 211. The first-order valence-corrected chi connectivity index (χ1v) is 6.10. The maximum absolute atomic E-state index is 11.4. The van der Waals surface area contributed by atoms with E-state index in [4.69, 9.17) is 11.6 Å². The quantitative estimate of drug-likeness (QED) is 0.701. The zero-order valence-corrected chi connectivity index (χ0v) is 9.22. The summed E-state index contributed by atoms with van der Waals surface area (Å²) in [6.45, 7) is 0.664. The van der Waals surface area contributed by atoms with Crippen molar-refractivity contribution in [1.29, 1.82) is 0 Å². The Morgan fingerprint density at radius 1 is 1.36 bits per heavy atom. The van der Waals surface area contributed by atoms with Crippen LogP contribution in [0.25, 0.3) is 0 Å². The monoisotopic (exact) mass is 215 g/mol. The van der Waals surface area contributed by atoms with E-state index in [0.717, 1.165) is 0 Å². The van der Waals surface area contributed by atoms with Crippen LogP contribution >= 0.6 is 11.6 Å². The molecule has 0 aliphatic heterocycles. The second-order valence-electron chi connectivity index (χ2n) is 4.66. The van der Waals surface area contributed by atoms with Crippen molar-refractivity contribution >= 4 is 17.5 Å². The van der Waals surface area contributed by atoms with E-state index in [9.17, 15) is 4.79 Å². The Balaban J connectivity index is 1.56. The molecule has 2 rings (SSSR count). The summed E-state index contributed by atoms with van der Waals surface area (Å²) in [5.41, 5.74) is 0. The summed E-state index contributed by atoms with van der Waals surface area (Å²) < 4.78 is 0. The molecule has 0 spiro atoms. The van der Waals surface area contributed by atoms with E-state index in [1.165, 1.54) is 32.1 Å². The van der Waals surface area contributed by atoms with Crippen LogP contribution in [-0.2, 0) is 4.79 Å². The van der Waals surface area contributed by atoms with Crippen LogP contribution in [0.5, 0.6) is 0 Å². The van der Waals surface area contributed by atoms with Gasteiger partial charge in [-0.1, -0.05) is 6.42 Å². The topological polar surface area (TPSA) is 29.1 Å². The number of carbonyl (C=O) groups excluding carboxylic acids is 1. The van der Waals surface area contributed by atoms with Gasteiger partial charge in [0, 0.05) is 13.0 Å². The van der Waals surface area contributed by atoms with Crippen LogP contribution in [0.15, 0.2) is 0 Å². The molecule has 14 heavy (non-hydrogen) atoms. The normalized spacial score (nSPS) is 24.1. The van der Waals surface area contributed by atoms with Gasteiger partial charge < -0.3 is 5.32 Å². The lowest BCUT2D eigenvalue weighted by Gasteiger charge is -2.24. The molecule has 3 heteroatoms. The second-order valence-corrected chi connectivity index (χ2v) is 5.22. The molecule has 0 radical (unpaired) electrons. The van der Waals surface area contributed by atoms with Crippen LogP contribution in [-0.4, -0.2) is 17.8 Å². The number of hydrogen-bond acceptors (Lipinski definition) is 1. The molecule has 1 amide bonds. The summed E-state index contributed by atoms with van der Waals surface area (Å²) in [7, 11) is 0. The average molecular weight is 216 g/mol. The predicted octanol–water partition coefficient (Wildman–Crippen LogP) is 2.31. The molecule has 2 aliphatic rings. The molecule has 1 N–H and O–H groups in total. The van der Waals surface area contributed by atoms with Gasteiger partial charge in [0.1, 0.15) is 0 Å². The number of halogens is 1. The van der Waals surface area contributed by atoms with Gasteiger partial charge >= 0.3 is 0 Å². The van der Waals surface area contributed by atoms with E-state index in [1.807, 2.05) is 0 Å². The number of rotatable bonds is 5. The first-order valence-electron chi connectivity index (χ1n) is 5.66. The van der Waals surface area contributed by atoms with Crippen molar-refractivity contribution in [3.8, 4) is 0 Å². The van der Waals surface area contributed by atoms with Gasteiger partial charge in [-0.05, 0) is 37.5 Å². The van der Waals surface area contributed by atoms with Crippen molar-refractivity contribution in [2.75, 3.05) is 6.54 Å². The number of nitrogens with one attached hydrogen (secondary N) is 1. The molecule has 0 saturated heterocycles. The number of hydrogen-bond donors (Lipinski definition) is 1. The van der Waals surface area contributed by atoms with Crippen LogP contribution in [0.1, 0.15) is 38.5 Å². The molecule has 0 aromatic carbocycles. The summed E-state index contributed by atoms with van der Waals surface area (Å²) in [4.78, 5) is 11.4. The molecule has 0 aromatic heterocycles. The van der Waals surface area contributed by atoms with Gasteiger partial charge in [-0.2, -0.15) is 0 Å². The maximum atomic E-state index is 11.4. The minimum absolute atomic E-state index is 0.167. The third-order valence-electron chi connectivity index (χ3n) is 3.33. The zero-order chi connectivity index (χ0) is 9.97. The Labute approximate surface area is 90.4 Å². The molecule has 80 valence electrons. The van der Waals surface area contributed by atoms with E-state index in [2.05, 4.69) is 5.32 Å². The van der Waals surface area contributed by atoms with Crippen LogP contribution in [0.3, 0.4) is 0 Å². The van der Waals surface area contributed by atoms with Crippen molar-refractivity contribution in [2.24, 2.45) is 11.8 Å². The van der Waals surface area contributed by atoms with Gasteiger partial charge in [-0.3, -0.25) is 4.79 Å². The third kappa shape index (κ3) is 2.88. The van der Waals surface area contributed by atoms with E-state index < -0.39 is 0 Å². The molecular formula is C11H18ClNO. The fourth-order valence-electron chi connectivity index (χ4n) is 1.87. The highest BCUT2D eigenvalue weighted by atomic mass is 35.5. The van der Waals surface area contributed by atoms with Crippen LogP contribution < -0.4 is 5.32 Å². The summed E-state index contributed by atoms with van der Waals surface area (Å²) in [5, 5.41) is 3.10. The summed E-state index contributed by atoms with van der Waals surface area (Å²) in [6.07, 6.45) is 6.98. The largest absolute Gasteiger partial charge is 0.355 e. The smallest absolute Gasteiger partial charge is 0.220 e. The molecule has 0 heterocycles. The second kappa shape index (κ2) is 4.52. The lowest BCUT2D eigenvalue weighted by Crippen LogP contribution is -2.32. The highest BCUT2D eigenvalue weighted by Crippen LogP contribution is 2.35. The van der Waals surface area contributed by atoms with E-state index in [0.29, 0.717) is 24.8 Å². The van der Waals surface area contributed by atoms with E-state index in [-0.39, 0.29) is 11.3 Å². The van der Waals surface area contributed by atoms with Gasteiger partial charge in [0.2, 0.25) is 5.91 Å². The van der Waals surface area contributed by atoms with Gasteiger partial charge in [-0.25, -0.2) is 0 Å². The Morgan fingerprint density at radius 3 is 2.57 bits per heavy atom. The van der Waals surface area contributed by atoms with Gasteiger partial charge in [0.05, 0.1) is 5.38 Å². The van der Waals surface area contributed by atoms with E-state index in [1.54, 1.807) is 0 Å². The maximum Gasteiger partial charge on any atom is 0.220 e. The molecular weight excluding hydrogens is 198 g/mol. The van der Waals surface area contributed by atoms with Gasteiger partial charge in [-0.15, -0.1) is 11.6 Å². The minimum Gasteiger partial charge on any atom is -0.355 e. The number of alkyl halides is 1. The number of carbonyl (C=O) groups is 1. The highest BCUT2D eigenvalue weighted by Gasteiger charge is 2.30. The van der Waals surface area contributed by atoms with Crippen molar-refractivity contribution in [3.05, 3.63) is 0 Å². The average Bonchev–Trinajstić information content (AvgIpc) is 2.90. The van der Waals surface area contributed by atoms with Crippen LogP contribution in [0, 0.1) is 11.8 Å². The lowest BCUT2D eigenvalue weighted by atomic mass is 9.83. The molecule has 0 aromatic rings. The predicted molar refractivity (Wildman–Crippen MR) is 57.3 cm³/mol. The Morgan fingerprint density at radius 2 is 2.07 bits per heavy atom. The highest BCUT2D eigenvalue weighted by molar-refractivity contribution is 6.21. The molecule has 2 nitrogen and oxygen atoms in total. The minimum atomic E-state index is 0.167. The molecule has 1 unspecified atom stereocenters. The Hall–Kier alpha value is -0.240. The first-order chi connectivity index (χ1) is 6.75. The fraction of sp³-hybridized carbons (Fsp3) is 0.909. The molecule has 2 saturated carbocycles. The third-order valence-corrected chi connectivity index (χ3v) is 3.84. The summed E-state index contributed by atoms with van der Waals surface area (Å²) in [5.74, 6) is 1.52. The van der Waals surface area contributed by atoms with Crippen LogP contribution in [0.2, 0.25) is 0 Å². The van der Waals surface area contributed by atoms with Crippen molar-refractivity contribution in [2.45, 2.75) is 43.9 Å². The van der Waals surface area contributed by atoms with Crippen molar-refractivity contribution in [1.82, 2.24) is 5.32 Å². The van der Waals surface area contributed by atoms with Gasteiger partial charge in [0.15, 0.2) is 0 Å². The first kappa shape index (κ1) is 10.3. The number of amides is 1. The molecule has 0 bridgehead atoms. The van der Waals surface area contributed by atoms with Crippen LogP contribution in [0.4, 0.5) is 0 Å². The molecule has 2 aliphatic carbocycles. The summed E-state index contributed by atoms with van der Waals surface area (Å²) >= 11 is 6.09. The van der Waals surface area contributed by atoms with Crippen molar-refractivity contribution in [3.63, 3.8) is 0 Å².